The molecule has 0 unspecified atom stereocenters. The van der Waals surface area contributed by atoms with Crippen molar-refractivity contribution in [3.8, 4) is 0 Å². The number of nitrogen functional groups attached to an aromatic ring is 2. The number of urea groups is 1. The fraction of sp³-hybridized carbons (Fsp3) is 0.839. The van der Waals surface area contributed by atoms with Gasteiger partial charge in [-0.2, -0.15) is 4.99 Å². The van der Waals surface area contributed by atoms with Crippen LogP contribution in [0.25, 0.3) is 0 Å². The van der Waals surface area contributed by atoms with Crippen LogP contribution in [0.2, 0.25) is 0 Å². The lowest BCUT2D eigenvalue weighted by atomic mass is 9.84. The third-order valence-corrected chi connectivity index (χ3v) is 11.4. The summed E-state index contributed by atoms with van der Waals surface area (Å²) in [4.78, 5) is 31.5. The number of aliphatic imine (C=N–C) groups is 2. The first kappa shape index (κ1) is 76.2. The van der Waals surface area contributed by atoms with E-state index in [0.29, 0.717) is 30.3 Å². The zero-order valence-corrected chi connectivity index (χ0v) is 50.4. The van der Waals surface area contributed by atoms with Gasteiger partial charge in [-0.15, -0.1) is 0 Å². The molecule has 2 fully saturated rings. The standard InChI is InChI=1S/C10H21N.C10H20.C8H15N3.C7H14N4.C7H17N3.C7H17N.C6H14N4O.CH5N/c1-9(2)3-4-10-5-7-11-8-6-10;1-9(2)8-10-6-4-3-5-7-10;1-6(2)3-4-7-5-10-8(9)11-7;1-5(2)3-9-6-4-10-7(8)11-6;1-6(2)4-3-5-10-7(8)9;1-7(2)5-3-4-6-8;1-4(2)3-9-6(11)10-5(7)8;1-2/h9-11H,3-8H2,1-2H3;9-10H,3-8H2,1-2H3;5-6H,3-4H2,1-2H3,(H3,9,10,11);4-5,9H,3H2,1-2H3,(H3,8,10,11);6H,3-5H2,1-2H3,(H4,8,9,10);7H,3-6,8H2,1-2H3;4H,3H2,1-2H3,(H5,7,8,9,10,11);2H2,1H3. The van der Waals surface area contributed by atoms with Gasteiger partial charge in [0.2, 0.25) is 0 Å². The first-order chi connectivity index (χ1) is 34.9. The van der Waals surface area contributed by atoms with E-state index in [-0.39, 0.29) is 11.9 Å². The van der Waals surface area contributed by atoms with Gasteiger partial charge >= 0.3 is 6.03 Å². The van der Waals surface area contributed by atoms with Crippen LogP contribution in [0.3, 0.4) is 0 Å². The molecular weight excluding hydrogens is 927 g/mol. The normalized spacial score (nSPS) is 13.2. The fourth-order valence-corrected chi connectivity index (χ4v) is 7.37. The number of piperidine rings is 1. The lowest BCUT2D eigenvalue weighted by molar-refractivity contribution is 0.248. The van der Waals surface area contributed by atoms with Gasteiger partial charge < -0.3 is 71.8 Å². The van der Waals surface area contributed by atoms with Crippen molar-refractivity contribution in [1.82, 2.24) is 30.6 Å². The number of aromatic amines is 2. The SMILES string of the molecule is CC(C)CC1CCCCC1.CC(C)CCC1CCNCC1.CC(C)CCCCN.CC(C)CCCN=C(N)N.CC(C)CCc1cnc(N)[nH]1.CC(C)CNC(=O)N=C(N)N.CC(C)CNc1cnc(N)[nH]1.CN. The number of unbranched alkanes of at least 4 members (excludes halogenated alkanes) is 1. The Kier molecular flexibility index (Phi) is 53.7. The number of anilines is 3. The van der Waals surface area contributed by atoms with Crippen molar-refractivity contribution in [3.63, 3.8) is 0 Å². The van der Waals surface area contributed by atoms with Crippen LogP contribution >= 0.6 is 0 Å². The Hall–Kier alpha value is -4.29. The molecule has 438 valence electrons. The van der Waals surface area contributed by atoms with Gasteiger partial charge in [-0.25, -0.2) is 14.8 Å². The highest BCUT2D eigenvalue weighted by atomic mass is 16.2. The molecule has 0 radical (unpaired) electrons. The van der Waals surface area contributed by atoms with Crippen molar-refractivity contribution in [2.24, 2.45) is 97.6 Å². The maximum absolute atomic E-state index is 10.7. The number of H-pyrrole nitrogens is 2. The summed E-state index contributed by atoms with van der Waals surface area (Å²) in [5, 5.41) is 9.10. The predicted molar refractivity (Wildman–Crippen MR) is 325 cm³/mol. The summed E-state index contributed by atoms with van der Waals surface area (Å²) in [6.07, 6.45) is 26.5. The summed E-state index contributed by atoms with van der Waals surface area (Å²) in [6, 6.07) is -0.487. The molecule has 2 amide bonds. The summed E-state index contributed by atoms with van der Waals surface area (Å²) in [7, 11) is 1.50. The Morgan fingerprint density at radius 2 is 1.15 bits per heavy atom. The van der Waals surface area contributed by atoms with Crippen LogP contribution in [0.4, 0.5) is 22.5 Å². The number of nitrogens with zero attached hydrogens (tertiary/aromatic N) is 4. The van der Waals surface area contributed by atoms with Crippen molar-refractivity contribution in [2.75, 3.05) is 63.1 Å². The van der Waals surface area contributed by atoms with E-state index in [4.69, 9.17) is 40.1 Å². The zero-order valence-electron chi connectivity index (χ0n) is 50.4. The maximum Gasteiger partial charge on any atom is 0.344 e. The highest BCUT2D eigenvalue weighted by molar-refractivity contribution is 5.90. The van der Waals surface area contributed by atoms with Crippen molar-refractivity contribution >= 4 is 35.7 Å². The molecular formula is C56H123N17O. The fourth-order valence-electron chi connectivity index (χ4n) is 7.37. The second-order valence-electron chi connectivity index (χ2n) is 22.6. The minimum absolute atomic E-state index is 0.198. The number of imidazole rings is 2. The molecule has 74 heavy (non-hydrogen) atoms. The van der Waals surface area contributed by atoms with Crippen LogP contribution in [0, 0.1) is 53.3 Å². The van der Waals surface area contributed by atoms with Crippen LogP contribution in [0.5, 0.6) is 0 Å². The minimum Gasteiger partial charge on any atom is -0.370 e. The predicted octanol–water partition coefficient (Wildman–Crippen LogP) is 10.3. The number of rotatable bonds is 21. The second-order valence-corrected chi connectivity index (χ2v) is 22.6. The van der Waals surface area contributed by atoms with Gasteiger partial charge in [0.15, 0.2) is 23.8 Å². The van der Waals surface area contributed by atoms with E-state index in [1.165, 1.54) is 116 Å². The Morgan fingerprint density at radius 1 is 0.622 bits per heavy atom. The number of aromatic nitrogens is 4. The van der Waals surface area contributed by atoms with Crippen molar-refractivity contribution in [1.29, 1.82) is 0 Å². The topological polar surface area (TPSA) is 343 Å². The highest BCUT2D eigenvalue weighted by Gasteiger charge is 2.14. The average Bonchev–Trinajstić information content (AvgIpc) is 3.96. The summed E-state index contributed by atoms with van der Waals surface area (Å²) in [5.74, 6) is 9.11. The van der Waals surface area contributed by atoms with E-state index < -0.39 is 6.03 Å². The van der Waals surface area contributed by atoms with Crippen LogP contribution in [-0.4, -0.2) is 84.2 Å². The minimum atomic E-state index is -0.487. The Labute approximate surface area is 454 Å². The van der Waals surface area contributed by atoms with Gasteiger partial charge in [0.05, 0.1) is 12.4 Å². The molecule has 2 aromatic rings. The lowest BCUT2D eigenvalue weighted by Crippen LogP contribution is -2.30. The molecule has 21 N–H and O–H groups in total. The molecule has 1 saturated heterocycles. The van der Waals surface area contributed by atoms with Crippen molar-refractivity contribution in [2.45, 2.75) is 206 Å². The summed E-state index contributed by atoms with van der Waals surface area (Å²) >= 11 is 0. The molecule has 18 heteroatoms. The number of amides is 2. The first-order valence-electron chi connectivity index (χ1n) is 28.6. The van der Waals surface area contributed by atoms with Gasteiger partial charge in [0.1, 0.15) is 5.82 Å². The largest absolute Gasteiger partial charge is 0.370 e. The number of hydrogen-bond acceptors (Lipinski definition) is 10. The summed E-state index contributed by atoms with van der Waals surface area (Å²) < 4.78 is 0. The van der Waals surface area contributed by atoms with E-state index in [9.17, 15) is 4.79 Å². The molecule has 1 saturated carbocycles. The van der Waals surface area contributed by atoms with E-state index >= 15 is 0 Å². The number of nitrogens with one attached hydrogen (secondary N) is 5. The van der Waals surface area contributed by atoms with Gasteiger partial charge in [0.25, 0.3) is 0 Å². The Morgan fingerprint density at radius 3 is 1.58 bits per heavy atom. The number of carbonyl (C=O) groups is 1. The first-order valence-corrected chi connectivity index (χ1v) is 28.6. The van der Waals surface area contributed by atoms with Crippen molar-refractivity contribution in [3.05, 3.63) is 18.1 Å². The van der Waals surface area contributed by atoms with Gasteiger partial charge in [-0.05, 0) is 131 Å². The lowest BCUT2D eigenvalue weighted by Gasteiger charge is -2.22. The van der Waals surface area contributed by atoms with Crippen LogP contribution in [0.1, 0.15) is 205 Å². The zero-order chi connectivity index (χ0) is 57.3. The molecule has 0 spiro atoms. The molecule has 0 bridgehead atoms. The van der Waals surface area contributed by atoms with Gasteiger partial charge in [-0.3, -0.25) is 4.99 Å². The number of aryl methyl sites for hydroxylation is 1. The van der Waals surface area contributed by atoms with Crippen LogP contribution in [-0.2, 0) is 6.42 Å². The van der Waals surface area contributed by atoms with E-state index in [1.807, 2.05) is 13.8 Å². The van der Waals surface area contributed by atoms with Gasteiger partial charge in [-0.1, -0.05) is 155 Å². The second kappa shape index (κ2) is 52.2. The maximum atomic E-state index is 10.7. The Balaban J connectivity index is -0.000000385. The van der Waals surface area contributed by atoms with E-state index in [1.54, 1.807) is 12.4 Å². The number of carbonyl (C=O) groups excluding carboxylic acids is 1. The molecule has 0 aromatic carbocycles. The number of hydrogen-bond donors (Lipinski definition) is 13. The smallest absolute Gasteiger partial charge is 0.344 e. The molecule has 18 nitrogen and oxygen atoms in total. The quantitative estimate of drug-likeness (QED) is 0.0315. The molecule has 3 heterocycles. The third-order valence-electron chi connectivity index (χ3n) is 11.4. The molecule has 1 aliphatic carbocycles. The molecule has 2 aromatic heterocycles. The van der Waals surface area contributed by atoms with Crippen LogP contribution in [0.15, 0.2) is 22.4 Å². The van der Waals surface area contributed by atoms with Crippen LogP contribution < -0.4 is 61.8 Å². The Bertz CT molecular complexity index is 1480. The summed E-state index contributed by atoms with van der Waals surface area (Å²) in [5.41, 5.74) is 42.0. The highest BCUT2D eigenvalue weighted by Crippen LogP contribution is 2.28. The molecule has 1 aliphatic heterocycles. The third kappa shape index (κ3) is 62.0. The van der Waals surface area contributed by atoms with E-state index in [2.05, 4.69) is 135 Å². The van der Waals surface area contributed by atoms with E-state index in [0.717, 1.165) is 85.4 Å². The van der Waals surface area contributed by atoms with Crippen molar-refractivity contribution < 1.29 is 4.79 Å². The average molecular weight is 1050 g/mol. The molecule has 4 rings (SSSR count). The monoisotopic (exact) mass is 1050 g/mol. The molecule has 0 atom stereocenters. The van der Waals surface area contributed by atoms with Gasteiger partial charge in [0, 0.05) is 25.3 Å². The molecule has 2 aliphatic rings. The number of guanidine groups is 2. The number of nitrogens with two attached hydrogens (primary N) is 8. The summed E-state index contributed by atoms with van der Waals surface area (Å²) in [6.45, 7) is 36.5.